The van der Waals surface area contributed by atoms with E-state index in [1.807, 2.05) is 42.4 Å². The Morgan fingerprint density at radius 2 is 1.06 bits per heavy atom. The fraction of sp³-hybridized carbons (Fsp3) is 0.450. The number of hydrogen-bond donors (Lipinski definition) is 1. The summed E-state index contributed by atoms with van der Waals surface area (Å²) in [6.07, 6.45) is -6.11. The van der Waals surface area contributed by atoms with Crippen LogP contribution >= 0.6 is 0 Å². The zero-order chi connectivity index (χ0) is 47.9. The number of nitrogens with two attached hydrogens (primary N) is 1. The van der Waals surface area contributed by atoms with E-state index in [1.54, 1.807) is 4.90 Å². The van der Waals surface area contributed by atoms with Gasteiger partial charge >= 0.3 is 18.0 Å². The minimum Gasteiger partial charge on any atom is -0.396 e. The van der Waals surface area contributed by atoms with Gasteiger partial charge in [-0.05, 0) is 54.3 Å². The van der Waals surface area contributed by atoms with E-state index in [4.69, 9.17) is 5.73 Å². The van der Waals surface area contributed by atoms with Gasteiger partial charge in [0.2, 0.25) is 5.82 Å². The Morgan fingerprint density at radius 3 is 1.42 bits per heavy atom. The van der Waals surface area contributed by atoms with E-state index in [1.165, 1.54) is 24.3 Å². The lowest BCUT2D eigenvalue weighted by Crippen LogP contribution is -2.56. The molecule has 4 aromatic rings. The second kappa shape index (κ2) is 18.5. The lowest BCUT2D eigenvalue weighted by molar-refractivity contribution is -0.384. The van der Waals surface area contributed by atoms with Crippen molar-refractivity contribution in [2.24, 2.45) is 11.8 Å². The molecule has 2 N–H and O–H groups in total. The third-order valence-electron chi connectivity index (χ3n) is 10.9. The largest absolute Gasteiger partial charge is 0.418 e. The van der Waals surface area contributed by atoms with E-state index in [9.17, 15) is 62.1 Å². The van der Waals surface area contributed by atoms with Crippen molar-refractivity contribution in [1.82, 2.24) is 9.97 Å². The van der Waals surface area contributed by atoms with Crippen LogP contribution in [0.5, 0.6) is 0 Å². The van der Waals surface area contributed by atoms with Gasteiger partial charge in [0.1, 0.15) is 21.4 Å². The van der Waals surface area contributed by atoms with Crippen molar-refractivity contribution in [3.05, 3.63) is 93.8 Å². The summed E-state index contributed by atoms with van der Waals surface area (Å²) < 4.78 is 153. The van der Waals surface area contributed by atoms with Gasteiger partial charge in [0.15, 0.2) is 25.5 Å². The van der Waals surface area contributed by atoms with Gasteiger partial charge in [-0.25, -0.2) is 35.6 Å². The molecule has 6 rings (SSSR count). The van der Waals surface area contributed by atoms with E-state index in [-0.39, 0.29) is 59.7 Å². The van der Waals surface area contributed by atoms with Gasteiger partial charge in [-0.3, -0.25) is 10.1 Å². The van der Waals surface area contributed by atoms with Crippen LogP contribution in [0.2, 0.25) is 0 Å². The number of halogens is 8. The first kappa shape index (κ1) is 49.5. The lowest BCUT2D eigenvalue weighted by atomic mass is 9.98. The number of alkyl halides is 6. The molecule has 0 bridgehead atoms. The highest BCUT2D eigenvalue weighted by molar-refractivity contribution is 7.91. The molecule has 2 aliphatic heterocycles. The fourth-order valence-corrected chi connectivity index (χ4v) is 9.04. The molecule has 2 aromatic carbocycles. The van der Waals surface area contributed by atoms with Crippen molar-refractivity contribution >= 4 is 54.1 Å². The molecule has 2 aliphatic rings. The topological polar surface area (TPSA) is 176 Å². The predicted molar refractivity (Wildman–Crippen MR) is 225 cm³/mol. The van der Waals surface area contributed by atoms with Crippen LogP contribution in [0, 0.1) is 33.6 Å². The highest BCUT2D eigenvalue weighted by Crippen LogP contribution is 2.39. The summed E-state index contributed by atoms with van der Waals surface area (Å²) in [5, 5.41) is 11.5. The van der Waals surface area contributed by atoms with Crippen molar-refractivity contribution in [2.45, 2.75) is 61.9 Å². The van der Waals surface area contributed by atoms with Gasteiger partial charge in [0.05, 0.1) is 33.8 Å². The van der Waals surface area contributed by atoms with Crippen molar-refractivity contribution < 1.29 is 56.9 Å². The molecular formula is C40H46F8N8O6S2. The zero-order valence-electron chi connectivity index (χ0n) is 35.3. The van der Waals surface area contributed by atoms with Crippen LogP contribution in [0.1, 0.15) is 38.8 Å². The minimum atomic E-state index is -4.77. The van der Waals surface area contributed by atoms with E-state index in [2.05, 4.69) is 9.97 Å². The third kappa shape index (κ3) is 11.2. The first-order valence-electron chi connectivity index (χ1n) is 19.6. The number of nitrogen functional groups attached to an aromatic ring is 1. The summed E-state index contributed by atoms with van der Waals surface area (Å²) in [4.78, 5) is 24.8. The van der Waals surface area contributed by atoms with Crippen molar-refractivity contribution in [3.63, 3.8) is 0 Å². The predicted octanol–water partition coefficient (Wildman–Crippen LogP) is 7.48. The molecule has 0 unspecified atom stereocenters. The van der Waals surface area contributed by atoms with Gasteiger partial charge in [-0.15, -0.1) is 0 Å². The molecule has 350 valence electrons. The van der Waals surface area contributed by atoms with Crippen LogP contribution in [-0.4, -0.2) is 95.6 Å². The van der Waals surface area contributed by atoms with Gasteiger partial charge in [0.25, 0.3) is 0 Å². The van der Waals surface area contributed by atoms with Crippen LogP contribution in [0.3, 0.4) is 0 Å². The highest BCUT2D eigenvalue weighted by atomic mass is 32.2. The van der Waals surface area contributed by atoms with Crippen molar-refractivity contribution in [2.75, 3.05) is 77.1 Å². The van der Waals surface area contributed by atoms with Crippen molar-refractivity contribution in [1.29, 1.82) is 0 Å². The summed E-state index contributed by atoms with van der Waals surface area (Å²) in [5.41, 5.74) is 4.00. The maximum Gasteiger partial charge on any atom is 0.418 e. The van der Waals surface area contributed by atoms with Crippen LogP contribution in [0.15, 0.2) is 70.7 Å². The Morgan fingerprint density at radius 1 is 0.672 bits per heavy atom. The Labute approximate surface area is 364 Å². The molecule has 2 saturated heterocycles. The first-order valence-corrected chi connectivity index (χ1v) is 23.3. The summed E-state index contributed by atoms with van der Waals surface area (Å²) in [6, 6.07) is 8.48. The second-order valence-electron chi connectivity index (χ2n) is 16.1. The maximum atomic E-state index is 14.0. The lowest BCUT2D eigenvalue weighted by Gasteiger charge is -2.45. The van der Waals surface area contributed by atoms with E-state index in [0.717, 1.165) is 36.9 Å². The number of aromatic nitrogens is 2. The second-order valence-corrected chi connectivity index (χ2v) is 20.1. The number of rotatable bonds is 9. The molecule has 0 saturated carbocycles. The number of nitro groups is 1. The molecule has 0 amide bonds. The standard InChI is InChI=1S/C20H22F4N4O4S.C20H24F4N4O2S/c1-12(2)17-11-26(14-4-5-15(21)18(9-14)33(3,31)32)6-7-27(17)19-16(28(29)30)8-13(10-25-19)20(22,23)24;1-12(2)17-11-27(14-4-5-15(21)18(9-14)31(3,29)30)6-7-28(17)19-16(25)8-13(10-26-19)20(22,23)24/h4-5,8-10,12,17H,6-7,11H2,1-3H3;4-5,8-10,12,17H,6-7,11,25H2,1-3H3/t2*17-/m00/s1. The first-order chi connectivity index (χ1) is 29.5. The molecule has 4 heterocycles. The smallest absolute Gasteiger partial charge is 0.396 e. The van der Waals surface area contributed by atoms with Crippen LogP contribution < -0.4 is 25.3 Å². The summed E-state index contributed by atoms with van der Waals surface area (Å²) in [6.45, 7) is 9.61. The summed E-state index contributed by atoms with van der Waals surface area (Å²) >= 11 is 0. The van der Waals surface area contributed by atoms with Crippen molar-refractivity contribution in [3.8, 4) is 0 Å². The molecule has 64 heavy (non-hydrogen) atoms. The molecule has 0 spiro atoms. The Balaban J connectivity index is 0.000000241. The van der Waals surface area contributed by atoms with Gasteiger partial charge < -0.3 is 25.3 Å². The SMILES string of the molecule is CC(C)[C@@H]1CN(c2ccc(F)c(S(C)(=O)=O)c2)CCN1c1ncc(C(F)(F)F)cc1N.CC(C)[C@@H]1CN(c2ccc(F)c(S(C)(=O)=O)c2)CCN1c1ncc(C(F)(F)F)cc1[N+](=O)[O-]. The van der Waals surface area contributed by atoms with Crippen LogP contribution in [0.4, 0.5) is 69.5 Å². The Bertz CT molecular complexity index is 2600. The minimum absolute atomic E-state index is 0.0601. The Hall–Kier alpha value is -5.52. The Kier molecular flexibility index (Phi) is 14.3. The van der Waals surface area contributed by atoms with Crippen LogP contribution in [0.25, 0.3) is 0 Å². The number of piperazine rings is 2. The molecular weight excluding hydrogens is 905 g/mol. The van der Waals surface area contributed by atoms with E-state index < -0.39 is 76.3 Å². The fourth-order valence-electron chi connectivity index (χ4n) is 7.53. The zero-order valence-corrected chi connectivity index (χ0v) is 37.0. The number of hydrogen-bond acceptors (Lipinski definition) is 13. The van der Waals surface area contributed by atoms with Gasteiger partial charge in [-0.2, -0.15) is 26.3 Å². The number of nitrogens with zero attached hydrogens (tertiary/aromatic N) is 7. The molecule has 2 atom stereocenters. The molecule has 0 radical (unpaired) electrons. The van der Waals surface area contributed by atoms with Crippen LogP contribution in [-0.2, 0) is 32.0 Å². The van der Waals surface area contributed by atoms with Gasteiger partial charge in [-0.1, -0.05) is 27.7 Å². The molecule has 0 aliphatic carbocycles. The number of pyridine rings is 2. The highest BCUT2D eigenvalue weighted by Gasteiger charge is 2.39. The summed E-state index contributed by atoms with van der Waals surface area (Å²) in [5.74, 6) is -1.58. The number of anilines is 5. The van der Waals surface area contributed by atoms with E-state index in [0.29, 0.717) is 43.3 Å². The number of sulfone groups is 2. The average Bonchev–Trinajstić information content (AvgIpc) is 3.19. The normalized spacial score (nSPS) is 17.8. The third-order valence-corrected chi connectivity index (χ3v) is 13.1. The summed E-state index contributed by atoms with van der Waals surface area (Å²) in [7, 11) is -7.53. The maximum absolute atomic E-state index is 14.0. The molecule has 24 heteroatoms. The molecule has 14 nitrogen and oxygen atoms in total. The monoisotopic (exact) mass is 950 g/mol. The van der Waals surface area contributed by atoms with E-state index >= 15 is 0 Å². The molecule has 2 aromatic heterocycles. The quantitative estimate of drug-likeness (QED) is 0.0994. The van der Waals surface area contributed by atoms with Gasteiger partial charge in [0, 0.05) is 81.6 Å². The average molecular weight is 951 g/mol. The molecule has 2 fully saturated rings. The number of benzene rings is 2.